The van der Waals surface area contributed by atoms with Crippen LogP contribution in [0.3, 0.4) is 0 Å². The Morgan fingerprint density at radius 2 is 2.14 bits per heavy atom. The molecule has 1 aromatic carbocycles. The molecule has 0 spiro atoms. The van der Waals surface area contributed by atoms with Gasteiger partial charge < -0.3 is 9.64 Å². The van der Waals surface area contributed by atoms with Crippen molar-refractivity contribution in [1.29, 1.82) is 0 Å². The molecule has 2 rings (SSSR count). The highest BCUT2D eigenvalue weighted by Gasteiger charge is 2.14. The van der Waals surface area contributed by atoms with Gasteiger partial charge in [-0.05, 0) is 25.5 Å². The number of carbonyl (C=O) groups is 1. The maximum atomic E-state index is 11.2. The summed E-state index contributed by atoms with van der Waals surface area (Å²) < 4.78 is 4.66. The third-order valence-corrected chi connectivity index (χ3v) is 4.22. The molecule has 1 heterocycles. The fraction of sp³-hybridized carbons (Fsp3) is 0.375. The summed E-state index contributed by atoms with van der Waals surface area (Å²) in [5.41, 5.74) is 3.34. The van der Waals surface area contributed by atoms with Gasteiger partial charge in [0.2, 0.25) is 0 Å². The van der Waals surface area contributed by atoms with Gasteiger partial charge in [-0.3, -0.25) is 4.79 Å². The van der Waals surface area contributed by atoms with Gasteiger partial charge in [0.15, 0.2) is 5.13 Å². The Labute approximate surface area is 129 Å². The van der Waals surface area contributed by atoms with Crippen LogP contribution < -0.4 is 4.90 Å². The molecular formula is C16H20N2O2S. The summed E-state index contributed by atoms with van der Waals surface area (Å²) in [5, 5.41) is 2.98. The van der Waals surface area contributed by atoms with Gasteiger partial charge in [0.25, 0.3) is 0 Å². The minimum atomic E-state index is -0.198. The Bertz CT molecular complexity index is 610. The van der Waals surface area contributed by atoms with Gasteiger partial charge in [0, 0.05) is 24.0 Å². The SMILES string of the molecule is CCN(c1nc(CCC(=O)OC)cs1)c1ccccc1C. The summed E-state index contributed by atoms with van der Waals surface area (Å²) in [4.78, 5) is 18.0. The number of hydrogen-bond acceptors (Lipinski definition) is 5. The standard InChI is InChI=1S/C16H20N2O2S/c1-4-18(14-8-6-5-7-12(14)2)16-17-13(11-21-16)9-10-15(19)20-3/h5-8,11H,4,9-10H2,1-3H3. The van der Waals surface area contributed by atoms with Crippen LogP contribution in [0.2, 0.25) is 0 Å². The molecule has 0 aliphatic rings. The topological polar surface area (TPSA) is 42.4 Å². The lowest BCUT2D eigenvalue weighted by molar-refractivity contribution is -0.140. The number of ether oxygens (including phenoxy) is 1. The molecule has 0 saturated carbocycles. The van der Waals surface area contributed by atoms with Crippen LogP contribution in [0.5, 0.6) is 0 Å². The van der Waals surface area contributed by atoms with Gasteiger partial charge in [-0.25, -0.2) is 4.98 Å². The second-order valence-electron chi connectivity index (χ2n) is 4.73. The van der Waals surface area contributed by atoms with Crippen molar-refractivity contribution in [2.45, 2.75) is 26.7 Å². The summed E-state index contributed by atoms with van der Waals surface area (Å²) in [6, 6.07) is 8.28. The van der Waals surface area contributed by atoms with Crippen molar-refractivity contribution in [2.75, 3.05) is 18.6 Å². The molecule has 0 radical (unpaired) electrons. The molecule has 0 aliphatic heterocycles. The summed E-state index contributed by atoms with van der Waals surface area (Å²) in [6.07, 6.45) is 0.991. The smallest absolute Gasteiger partial charge is 0.305 e. The minimum Gasteiger partial charge on any atom is -0.469 e. The summed E-state index contributed by atoms with van der Waals surface area (Å²) in [6.45, 7) is 5.07. The highest BCUT2D eigenvalue weighted by molar-refractivity contribution is 7.13. The second kappa shape index (κ2) is 7.22. The van der Waals surface area contributed by atoms with Gasteiger partial charge in [0.1, 0.15) is 0 Å². The first-order valence-corrected chi connectivity index (χ1v) is 7.88. The zero-order valence-electron chi connectivity index (χ0n) is 12.6. The molecular weight excluding hydrogens is 284 g/mol. The zero-order valence-corrected chi connectivity index (χ0v) is 13.4. The van der Waals surface area contributed by atoms with E-state index in [-0.39, 0.29) is 5.97 Å². The largest absolute Gasteiger partial charge is 0.469 e. The molecule has 0 saturated heterocycles. The van der Waals surface area contributed by atoms with Crippen LogP contribution in [-0.2, 0) is 16.0 Å². The Morgan fingerprint density at radius 1 is 1.38 bits per heavy atom. The van der Waals surface area contributed by atoms with E-state index >= 15 is 0 Å². The zero-order chi connectivity index (χ0) is 15.2. The van der Waals surface area contributed by atoms with E-state index in [0.717, 1.165) is 17.4 Å². The van der Waals surface area contributed by atoms with Crippen LogP contribution in [0.4, 0.5) is 10.8 Å². The lowest BCUT2D eigenvalue weighted by atomic mass is 10.2. The van der Waals surface area contributed by atoms with E-state index in [2.05, 4.69) is 40.6 Å². The third kappa shape index (κ3) is 3.82. The van der Waals surface area contributed by atoms with Crippen LogP contribution in [0.25, 0.3) is 0 Å². The first-order valence-electron chi connectivity index (χ1n) is 7.00. The molecule has 0 N–H and O–H groups in total. The lowest BCUT2D eigenvalue weighted by Crippen LogP contribution is -2.16. The average molecular weight is 304 g/mol. The van der Waals surface area contributed by atoms with Crippen molar-refractivity contribution in [2.24, 2.45) is 0 Å². The molecule has 0 aliphatic carbocycles. The monoisotopic (exact) mass is 304 g/mol. The van der Waals surface area contributed by atoms with E-state index in [9.17, 15) is 4.79 Å². The van der Waals surface area contributed by atoms with E-state index in [1.165, 1.54) is 18.4 Å². The number of thiazole rings is 1. The predicted molar refractivity (Wildman–Crippen MR) is 86.3 cm³/mol. The quantitative estimate of drug-likeness (QED) is 0.763. The number of esters is 1. The molecule has 1 aromatic heterocycles. The van der Waals surface area contributed by atoms with Crippen molar-refractivity contribution in [1.82, 2.24) is 4.98 Å². The van der Waals surface area contributed by atoms with Crippen LogP contribution in [0, 0.1) is 6.92 Å². The van der Waals surface area contributed by atoms with Crippen molar-refractivity contribution in [3.8, 4) is 0 Å². The highest BCUT2D eigenvalue weighted by atomic mass is 32.1. The Kier molecular flexibility index (Phi) is 5.33. The predicted octanol–water partition coefficient (Wildman–Crippen LogP) is 3.72. The number of rotatable bonds is 6. The normalized spacial score (nSPS) is 10.4. The number of hydrogen-bond donors (Lipinski definition) is 0. The Balaban J connectivity index is 2.15. The first-order chi connectivity index (χ1) is 10.2. The van der Waals surface area contributed by atoms with E-state index in [4.69, 9.17) is 0 Å². The maximum absolute atomic E-state index is 11.2. The van der Waals surface area contributed by atoms with E-state index in [1.807, 2.05) is 17.5 Å². The van der Waals surface area contributed by atoms with Crippen molar-refractivity contribution in [3.63, 3.8) is 0 Å². The highest BCUT2D eigenvalue weighted by Crippen LogP contribution is 2.30. The molecule has 0 fully saturated rings. The van der Waals surface area contributed by atoms with Crippen LogP contribution in [0.1, 0.15) is 24.6 Å². The van der Waals surface area contributed by atoms with Crippen molar-refractivity contribution >= 4 is 28.1 Å². The van der Waals surface area contributed by atoms with E-state index < -0.39 is 0 Å². The Hall–Kier alpha value is -1.88. The number of aromatic nitrogens is 1. The van der Waals surface area contributed by atoms with Crippen LogP contribution >= 0.6 is 11.3 Å². The molecule has 0 amide bonds. The molecule has 0 unspecified atom stereocenters. The fourth-order valence-electron chi connectivity index (χ4n) is 2.14. The van der Waals surface area contributed by atoms with Crippen molar-refractivity contribution < 1.29 is 9.53 Å². The van der Waals surface area contributed by atoms with E-state index in [0.29, 0.717) is 12.8 Å². The number of anilines is 2. The summed E-state index contributed by atoms with van der Waals surface area (Å²) >= 11 is 1.61. The number of aryl methyl sites for hydroxylation is 2. The van der Waals surface area contributed by atoms with Crippen molar-refractivity contribution in [3.05, 3.63) is 40.9 Å². The van der Waals surface area contributed by atoms with Gasteiger partial charge >= 0.3 is 5.97 Å². The lowest BCUT2D eigenvalue weighted by Gasteiger charge is -2.21. The van der Waals surface area contributed by atoms with Gasteiger partial charge in [0.05, 0.1) is 19.2 Å². The molecule has 2 aromatic rings. The average Bonchev–Trinajstić information content (AvgIpc) is 2.96. The van der Waals surface area contributed by atoms with Gasteiger partial charge in [-0.2, -0.15) is 0 Å². The minimum absolute atomic E-state index is 0.198. The van der Waals surface area contributed by atoms with Crippen LogP contribution in [0.15, 0.2) is 29.6 Å². The van der Waals surface area contributed by atoms with Gasteiger partial charge in [-0.1, -0.05) is 18.2 Å². The number of methoxy groups -OCH3 is 1. The van der Waals surface area contributed by atoms with Crippen LogP contribution in [-0.4, -0.2) is 24.6 Å². The summed E-state index contributed by atoms with van der Waals surface area (Å²) in [7, 11) is 1.41. The summed E-state index contributed by atoms with van der Waals surface area (Å²) in [5.74, 6) is -0.198. The van der Waals surface area contributed by atoms with E-state index in [1.54, 1.807) is 11.3 Å². The Morgan fingerprint density at radius 3 is 2.81 bits per heavy atom. The number of carbonyl (C=O) groups excluding carboxylic acids is 1. The molecule has 21 heavy (non-hydrogen) atoms. The number of benzene rings is 1. The molecule has 4 nitrogen and oxygen atoms in total. The second-order valence-corrected chi connectivity index (χ2v) is 5.56. The first kappa shape index (κ1) is 15.5. The fourth-order valence-corrected chi connectivity index (χ4v) is 3.08. The molecule has 112 valence electrons. The molecule has 0 atom stereocenters. The molecule has 0 bridgehead atoms. The molecule has 5 heteroatoms. The number of nitrogens with zero attached hydrogens (tertiary/aromatic N) is 2. The third-order valence-electron chi connectivity index (χ3n) is 3.31. The van der Waals surface area contributed by atoms with Gasteiger partial charge in [-0.15, -0.1) is 11.3 Å². The maximum Gasteiger partial charge on any atom is 0.305 e. The number of para-hydroxylation sites is 1.